The zero-order chi connectivity index (χ0) is 12.5. The van der Waals surface area contributed by atoms with Crippen LogP contribution in [0.2, 0.25) is 0 Å². The minimum atomic E-state index is -0.727. The lowest BCUT2D eigenvalue weighted by Gasteiger charge is -2.05. The minimum Gasteiger partial charge on any atom is -0.481 e. The average molecular weight is 242 g/mol. The van der Waals surface area contributed by atoms with Gasteiger partial charge in [0.25, 0.3) is 0 Å². The van der Waals surface area contributed by atoms with E-state index in [9.17, 15) is 9.59 Å². The third-order valence-electron chi connectivity index (χ3n) is 2.72. The van der Waals surface area contributed by atoms with Gasteiger partial charge in [0, 0.05) is 25.4 Å². The number of rotatable bonds is 10. The number of nitrogens with one attached hydrogen (secondary N) is 2. The number of carboxylic acids is 1. The van der Waals surface area contributed by atoms with Crippen LogP contribution >= 0.6 is 0 Å². The van der Waals surface area contributed by atoms with Crippen molar-refractivity contribution >= 4 is 11.9 Å². The van der Waals surface area contributed by atoms with Crippen molar-refractivity contribution in [2.75, 3.05) is 13.1 Å². The van der Waals surface area contributed by atoms with E-state index in [0.717, 1.165) is 38.6 Å². The van der Waals surface area contributed by atoms with E-state index in [2.05, 4.69) is 10.6 Å². The van der Waals surface area contributed by atoms with E-state index in [1.54, 1.807) is 0 Å². The third kappa shape index (κ3) is 8.68. The molecule has 0 spiro atoms. The number of carboxylic acid groups (broad SMARTS) is 1. The van der Waals surface area contributed by atoms with Gasteiger partial charge in [-0.05, 0) is 32.2 Å². The van der Waals surface area contributed by atoms with Crippen molar-refractivity contribution in [1.82, 2.24) is 10.6 Å². The summed E-state index contributed by atoms with van der Waals surface area (Å²) in [6.45, 7) is 1.56. The van der Waals surface area contributed by atoms with Gasteiger partial charge in [0.15, 0.2) is 0 Å². The molecular formula is C12H22N2O3. The fraction of sp³-hybridized carbons (Fsp3) is 0.833. The van der Waals surface area contributed by atoms with Gasteiger partial charge in [-0.3, -0.25) is 9.59 Å². The van der Waals surface area contributed by atoms with Crippen molar-refractivity contribution in [2.24, 2.45) is 0 Å². The van der Waals surface area contributed by atoms with Crippen molar-refractivity contribution in [3.63, 3.8) is 0 Å². The molecule has 0 atom stereocenters. The monoisotopic (exact) mass is 242 g/mol. The molecule has 0 aromatic heterocycles. The summed E-state index contributed by atoms with van der Waals surface area (Å²) < 4.78 is 0. The van der Waals surface area contributed by atoms with Gasteiger partial charge >= 0.3 is 5.97 Å². The van der Waals surface area contributed by atoms with Crippen LogP contribution in [0.4, 0.5) is 0 Å². The number of hydrogen-bond acceptors (Lipinski definition) is 3. The molecule has 5 heteroatoms. The molecule has 0 unspecified atom stereocenters. The molecule has 1 aliphatic rings. The van der Waals surface area contributed by atoms with Crippen LogP contribution in [-0.2, 0) is 9.59 Å². The molecule has 0 heterocycles. The van der Waals surface area contributed by atoms with Crippen molar-refractivity contribution in [3.8, 4) is 0 Å². The van der Waals surface area contributed by atoms with Gasteiger partial charge < -0.3 is 15.7 Å². The van der Waals surface area contributed by atoms with Crippen LogP contribution in [0.1, 0.15) is 44.9 Å². The van der Waals surface area contributed by atoms with Gasteiger partial charge in [0.05, 0.1) is 0 Å². The van der Waals surface area contributed by atoms with E-state index >= 15 is 0 Å². The van der Waals surface area contributed by atoms with Crippen LogP contribution in [0.15, 0.2) is 0 Å². The summed E-state index contributed by atoms with van der Waals surface area (Å²) in [7, 11) is 0. The van der Waals surface area contributed by atoms with Crippen molar-refractivity contribution in [3.05, 3.63) is 0 Å². The Labute approximate surface area is 102 Å². The lowest BCUT2D eigenvalue weighted by atomic mass is 10.2. The highest BCUT2D eigenvalue weighted by Gasteiger charge is 2.22. The molecule has 1 amide bonds. The SMILES string of the molecule is O=C(O)CCCCCNCCC(=O)NC1CC1. The van der Waals surface area contributed by atoms with Crippen LogP contribution in [0.5, 0.6) is 0 Å². The molecular weight excluding hydrogens is 220 g/mol. The average Bonchev–Trinajstić information content (AvgIpc) is 3.05. The number of carbonyl (C=O) groups excluding carboxylic acids is 1. The molecule has 1 saturated carbocycles. The number of aliphatic carboxylic acids is 1. The first-order valence-corrected chi connectivity index (χ1v) is 6.40. The topological polar surface area (TPSA) is 78.4 Å². The predicted octanol–water partition coefficient (Wildman–Crippen LogP) is 0.890. The van der Waals surface area contributed by atoms with E-state index in [4.69, 9.17) is 5.11 Å². The Hall–Kier alpha value is -1.10. The fourth-order valence-electron chi connectivity index (χ4n) is 1.56. The van der Waals surface area contributed by atoms with Crippen LogP contribution in [0.25, 0.3) is 0 Å². The number of carbonyl (C=O) groups is 2. The van der Waals surface area contributed by atoms with Crippen molar-refractivity contribution in [1.29, 1.82) is 0 Å². The summed E-state index contributed by atoms with van der Waals surface area (Å²) in [5.41, 5.74) is 0. The summed E-state index contributed by atoms with van der Waals surface area (Å²) in [5.74, 6) is -0.597. The first-order chi connectivity index (χ1) is 8.18. The summed E-state index contributed by atoms with van der Waals surface area (Å²) >= 11 is 0. The Morgan fingerprint density at radius 3 is 2.47 bits per heavy atom. The second kappa shape index (κ2) is 8.06. The Kier molecular flexibility index (Phi) is 6.62. The Morgan fingerprint density at radius 1 is 1.06 bits per heavy atom. The lowest BCUT2D eigenvalue weighted by molar-refractivity contribution is -0.137. The zero-order valence-electron chi connectivity index (χ0n) is 10.2. The molecule has 1 aliphatic carbocycles. The van der Waals surface area contributed by atoms with Gasteiger partial charge in [-0.2, -0.15) is 0 Å². The Bertz CT molecular complexity index is 252. The first kappa shape index (κ1) is 14.0. The first-order valence-electron chi connectivity index (χ1n) is 6.40. The highest BCUT2D eigenvalue weighted by molar-refractivity contribution is 5.76. The second-order valence-corrected chi connectivity index (χ2v) is 4.55. The standard InChI is InChI=1S/C12H22N2O3/c15-11(14-10-5-6-10)7-9-13-8-3-1-2-4-12(16)17/h10,13H,1-9H2,(H,14,15)(H,16,17). The second-order valence-electron chi connectivity index (χ2n) is 4.55. The largest absolute Gasteiger partial charge is 0.481 e. The van der Waals surface area contributed by atoms with E-state index < -0.39 is 5.97 Å². The maximum absolute atomic E-state index is 11.3. The molecule has 1 fully saturated rings. The smallest absolute Gasteiger partial charge is 0.303 e. The number of amides is 1. The molecule has 0 aromatic carbocycles. The molecule has 5 nitrogen and oxygen atoms in total. The highest BCUT2D eigenvalue weighted by atomic mass is 16.4. The molecule has 0 bridgehead atoms. The summed E-state index contributed by atoms with van der Waals surface area (Å²) in [6, 6.07) is 0.443. The number of unbranched alkanes of at least 4 members (excludes halogenated alkanes) is 2. The Morgan fingerprint density at radius 2 is 1.82 bits per heavy atom. The molecule has 0 aromatic rings. The van der Waals surface area contributed by atoms with E-state index in [1.165, 1.54) is 0 Å². The molecule has 0 aliphatic heterocycles. The maximum atomic E-state index is 11.3. The molecule has 0 radical (unpaired) electrons. The van der Waals surface area contributed by atoms with Crippen molar-refractivity contribution in [2.45, 2.75) is 51.0 Å². The minimum absolute atomic E-state index is 0.130. The van der Waals surface area contributed by atoms with E-state index in [1.807, 2.05) is 0 Å². The quantitative estimate of drug-likeness (QED) is 0.497. The lowest BCUT2D eigenvalue weighted by Crippen LogP contribution is -2.29. The van der Waals surface area contributed by atoms with Crippen LogP contribution in [0, 0.1) is 0 Å². The van der Waals surface area contributed by atoms with Gasteiger partial charge in [-0.15, -0.1) is 0 Å². The van der Waals surface area contributed by atoms with E-state index in [-0.39, 0.29) is 12.3 Å². The van der Waals surface area contributed by atoms with E-state index in [0.29, 0.717) is 19.0 Å². The molecule has 1 rings (SSSR count). The van der Waals surface area contributed by atoms with Gasteiger partial charge in [-0.25, -0.2) is 0 Å². The fourth-order valence-corrected chi connectivity index (χ4v) is 1.56. The molecule has 17 heavy (non-hydrogen) atoms. The predicted molar refractivity (Wildman–Crippen MR) is 64.8 cm³/mol. The van der Waals surface area contributed by atoms with Crippen LogP contribution < -0.4 is 10.6 Å². The molecule has 0 saturated heterocycles. The van der Waals surface area contributed by atoms with Gasteiger partial charge in [0.2, 0.25) is 5.91 Å². The zero-order valence-corrected chi connectivity index (χ0v) is 10.2. The van der Waals surface area contributed by atoms with Crippen LogP contribution in [-0.4, -0.2) is 36.1 Å². The van der Waals surface area contributed by atoms with Gasteiger partial charge in [-0.1, -0.05) is 6.42 Å². The summed E-state index contributed by atoms with van der Waals surface area (Å²) in [6.07, 6.45) is 5.67. The third-order valence-corrected chi connectivity index (χ3v) is 2.72. The maximum Gasteiger partial charge on any atom is 0.303 e. The summed E-state index contributed by atoms with van der Waals surface area (Å²) in [5, 5.41) is 14.6. The Balaban J connectivity index is 1.77. The van der Waals surface area contributed by atoms with Gasteiger partial charge in [0.1, 0.15) is 0 Å². The molecule has 98 valence electrons. The summed E-state index contributed by atoms with van der Waals surface area (Å²) in [4.78, 5) is 21.5. The highest BCUT2D eigenvalue weighted by Crippen LogP contribution is 2.18. The van der Waals surface area contributed by atoms with Crippen molar-refractivity contribution < 1.29 is 14.7 Å². The molecule has 3 N–H and O–H groups in total. The van der Waals surface area contributed by atoms with Crippen LogP contribution in [0.3, 0.4) is 0 Å². The number of hydrogen-bond donors (Lipinski definition) is 3. The normalized spacial score (nSPS) is 14.6.